The number of fused-ring (bicyclic) bond motifs is 1. The van der Waals surface area contributed by atoms with E-state index in [1.807, 2.05) is 60.7 Å². The average molecular weight is 560 g/mol. The zero-order chi connectivity index (χ0) is 28.9. The van der Waals surface area contributed by atoms with Crippen LogP contribution in [-0.4, -0.2) is 69.5 Å². The Morgan fingerprint density at radius 2 is 1.68 bits per heavy atom. The third-order valence-electron chi connectivity index (χ3n) is 7.34. The van der Waals surface area contributed by atoms with Crippen LogP contribution in [-0.2, 0) is 29.1 Å². The summed E-state index contributed by atoms with van der Waals surface area (Å²) in [5.41, 5.74) is 1.79. The molecule has 2 atom stereocenters. The monoisotopic (exact) mass is 559 g/mol. The molecule has 2 heterocycles. The van der Waals surface area contributed by atoms with E-state index in [4.69, 9.17) is 0 Å². The van der Waals surface area contributed by atoms with Crippen LogP contribution in [0.1, 0.15) is 16.7 Å². The summed E-state index contributed by atoms with van der Waals surface area (Å²) in [6.07, 6.45) is 1.09. The molecule has 0 radical (unpaired) electrons. The molecule has 3 aromatic carbocycles. The second-order valence-electron chi connectivity index (χ2n) is 10.1. The number of hydrazine groups is 1. The van der Waals surface area contributed by atoms with Crippen molar-refractivity contribution in [2.24, 2.45) is 0 Å². The fourth-order valence-corrected chi connectivity index (χ4v) is 5.39. The van der Waals surface area contributed by atoms with E-state index in [9.17, 15) is 23.2 Å². The zero-order valence-corrected chi connectivity index (χ0v) is 22.5. The smallest absolute Gasteiger partial charge is 0.332 e. The van der Waals surface area contributed by atoms with Crippen molar-refractivity contribution < 1.29 is 23.2 Å². The number of urea groups is 1. The number of carbonyl (C=O) groups is 3. The van der Waals surface area contributed by atoms with E-state index in [1.165, 1.54) is 14.8 Å². The van der Waals surface area contributed by atoms with Gasteiger partial charge in [0.25, 0.3) is 0 Å². The minimum Gasteiger partial charge on any atom is -0.333 e. The van der Waals surface area contributed by atoms with Crippen molar-refractivity contribution >= 4 is 17.8 Å². The SMILES string of the molecule is C=CCN(C(=O)NCc1ccccc1)N1CC(=O)N2[C@@H](Cc3ccccc3)C(=O)N(Cc3cc(F)ccc3F)C[C@@H]21. The fraction of sp³-hybridized carbons (Fsp3) is 0.258. The first kappa shape index (κ1) is 28.0. The van der Waals surface area contributed by atoms with Gasteiger partial charge in [0.2, 0.25) is 11.8 Å². The van der Waals surface area contributed by atoms with Crippen LogP contribution in [0.3, 0.4) is 0 Å². The molecule has 212 valence electrons. The Labute approximate surface area is 237 Å². The first-order valence-corrected chi connectivity index (χ1v) is 13.4. The summed E-state index contributed by atoms with van der Waals surface area (Å²) in [4.78, 5) is 43.6. The van der Waals surface area contributed by atoms with E-state index >= 15 is 0 Å². The summed E-state index contributed by atoms with van der Waals surface area (Å²) in [6.45, 7) is 3.88. The molecule has 10 heteroatoms. The van der Waals surface area contributed by atoms with Gasteiger partial charge in [0.15, 0.2) is 0 Å². The number of rotatable bonds is 9. The number of benzene rings is 3. The summed E-state index contributed by atoms with van der Waals surface area (Å²) >= 11 is 0. The molecular formula is C31H31F2N5O3. The Bertz CT molecular complexity index is 1420. The molecule has 0 aromatic heterocycles. The molecule has 2 fully saturated rings. The van der Waals surface area contributed by atoms with Crippen molar-refractivity contribution in [3.05, 3.63) is 120 Å². The zero-order valence-electron chi connectivity index (χ0n) is 22.5. The van der Waals surface area contributed by atoms with Crippen LogP contribution in [0.15, 0.2) is 91.5 Å². The number of hydrogen-bond donors (Lipinski definition) is 1. The Morgan fingerprint density at radius 3 is 2.37 bits per heavy atom. The molecule has 4 amide bonds. The molecule has 0 spiro atoms. The van der Waals surface area contributed by atoms with Gasteiger partial charge in [-0.25, -0.2) is 13.6 Å². The lowest BCUT2D eigenvalue weighted by molar-refractivity contribution is -0.157. The highest BCUT2D eigenvalue weighted by molar-refractivity contribution is 5.91. The average Bonchev–Trinajstić information content (AvgIpc) is 3.30. The van der Waals surface area contributed by atoms with E-state index < -0.39 is 29.9 Å². The number of halogens is 2. The van der Waals surface area contributed by atoms with E-state index in [1.54, 1.807) is 11.1 Å². The lowest BCUT2D eigenvalue weighted by Gasteiger charge is -2.46. The summed E-state index contributed by atoms with van der Waals surface area (Å²) < 4.78 is 28.6. The number of hydrogen-bond acceptors (Lipinski definition) is 4. The van der Waals surface area contributed by atoms with Gasteiger partial charge >= 0.3 is 6.03 Å². The van der Waals surface area contributed by atoms with Crippen molar-refractivity contribution in [3.8, 4) is 0 Å². The molecule has 41 heavy (non-hydrogen) atoms. The first-order chi connectivity index (χ1) is 19.9. The van der Waals surface area contributed by atoms with Gasteiger partial charge in [-0.2, -0.15) is 5.01 Å². The number of carbonyl (C=O) groups excluding carboxylic acids is 3. The summed E-state index contributed by atoms with van der Waals surface area (Å²) in [5.74, 6) is -1.91. The standard InChI is InChI=1S/C31H31F2N5O3/c1-2-15-36(31(41)34-18-23-11-7-4-8-12-23)37-21-29(39)38-27(16-22-9-5-3-6-10-22)30(40)35(20-28(37)38)19-24-17-25(32)13-14-26(24)33/h2-14,17,27-28H,1,15-16,18-21H2,(H,34,41)/t27-,28+/m0/s1. The molecule has 0 aliphatic carbocycles. The molecule has 2 aliphatic heterocycles. The van der Waals surface area contributed by atoms with Crippen LogP contribution in [0.4, 0.5) is 13.6 Å². The van der Waals surface area contributed by atoms with Gasteiger partial charge in [0.1, 0.15) is 23.8 Å². The summed E-state index contributed by atoms with van der Waals surface area (Å²) in [6, 6.07) is 20.5. The summed E-state index contributed by atoms with van der Waals surface area (Å²) in [5, 5.41) is 5.93. The van der Waals surface area contributed by atoms with E-state index in [0.29, 0.717) is 0 Å². The molecule has 3 aromatic rings. The van der Waals surface area contributed by atoms with Crippen LogP contribution in [0.25, 0.3) is 0 Å². The highest BCUT2D eigenvalue weighted by Gasteiger charge is 2.52. The topological polar surface area (TPSA) is 76.2 Å². The summed E-state index contributed by atoms with van der Waals surface area (Å²) in [7, 11) is 0. The van der Waals surface area contributed by atoms with E-state index in [-0.39, 0.29) is 56.5 Å². The largest absolute Gasteiger partial charge is 0.333 e. The third-order valence-corrected chi connectivity index (χ3v) is 7.34. The number of amides is 4. The van der Waals surface area contributed by atoms with Gasteiger partial charge in [-0.15, -0.1) is 6.58 Å². The molecular weight excluding hydrogens is 528 g/mol. The fourth-order valence-electron chi connectivity index (χ4n) is 5.39. The molecule has 5 rings (SSSR count). The number of nitrogens with zero attached hydrogens (tertiary/aromatic N) is 4. The number of piperazine rings is 1. The van der Waals surface area contributed by atoms with Crippen LogP contribution in [0.5, 0.6) is 0 Å². The van der Waals surface area contributed by atoms with E-state index in [0.717, 1.165) is 29.3 Å². The van der Waals surface area contributed by atoms with Crippen molar-refractivity contribution in [1.82, 2.24) is 25.1 Å². The minimum absolute atomic E-state index is 0.00538. The molecule has 0 saturated carbocycles. The highest BCUT2D eigenvalue weighted by atomic mass is 19.1. The van der Waals surface area contributed by atoms with Crippen LogP contribution < -0.4 is 5.32 Å². The van der Waals surface area contributed by atoms with Crippen LogP contribution >= 0.6 is 0 Å². The van der Waals surface area contributed by atoms with Crippen molar-refractivity contribution in [2.75, 3.05) is 19.6 Å². The maximum atomic E-state index is 14.6. The Morgan fingerprint density at radius 1 is 1.00 bits per heavy atom. The molecule has 0 unspecified atom stereocenters. The normalized spacial score (nSPS) is 18.8. The van der Waals surface area contributed by atoms with Gasteiger partial charge in [-0.3, -0.25) is 14.6 Å². The number of nitrogens with one attached hydrogen (secondary N) is 1. The quantitative estimate of drug-likeness (QED) is 0.406. The molecule has 2 aliphatic rings. The van der Waals surface area contributed by atoms with Gasteiger partial charge in [-0.05, 0) is 29.3 Å². The lowest BCUT2D eigenvalue weighted by atomic mass is 10.00. The maximum absolute atomic E-state index is 14.6. The lowest BCUT2D eigenvalue weighted by Crippen LogP contribution is -2.66. The van der Waals surface area contributed by atoms with Crippen molar-refractivity contribution in [2.45, 2.75) is 31.7 Å². The van der Waals surface area contributed by atoms with E-state index in [2.05, 4.69) is 11.9 Å². The molecule has 0 bridgehead atoms. The Kier molecular flexibility index (Phi) is 8.39. The predicted molar refractivity (Wildman–Crippen MR) is 149 cm³/mol. The molecule has 8 nitrogen and oxygen atoms in total. The van der Waals surface area contributed by atoms with Crippen LogP contribution in [0, 0.1) is 11.6 Å². The van der Waals surface area contributed by atoms with Crippen molar-refractivity contribution in [1.29, 1.82) is 0 Å². The molecule has 2 saturated heterocycles. The second kappa shape index (κ2) is 12.3. The van der Waals surface area contributed by atoms with Gasteiger partial charge in [0, 0.05) is 25.1 Å². The van der Waals surface area contributed by atoms with Gasteiger partial charge < -0.3 is 15.1 Å². The molecule has 1 N–H and O–H groups in total. The Hall–Kier alpha value is -4.57. The second-order valence-corrected chi connectivity index (χ2v) is 10.1. The predicted octanol–water partition coefficient (Wildman–Crippen LogP) is 3.70. The van der Waals surface area contributed by atoms with Crippen molar-refractivity contribution in [3.63, 3.8) is 0 Å². The maximum Gasteiger partial charge on any atom is 0.332 e. The van der Waals surface area contributed by atoms with Gasteiger partial charge in [0.05, 0.1) is 19.6 Å². The Balaban J connectivity index is 1.44. The van der Waals surface area contributed by atoms with Crippen LogP contribution in [0.2, 0.25) is 0 Å². The van der Waals surface area contributed by atoms with Gasteiger partial charge in [-0.1, -0.05) is 66.7 Å². The first-order valence-electron chi connectivity index (χ1n) is 13.4. The third kappa shape index (κ3) is 6.12. The minimum atomic E-state index is -0.886. The highest BCUT2D eigenvalue weighted by Crippen LogP contribution is 2.30.